The molecule has 4 rings (SSSR count). The highest BCUT2D eigenvalue weighted by atomic mass is 32.2. The normalized spacial score (nSPS) is 22.5. The number of ether oxygens (including phenoxy) is 1. The van der Waals surface area contributed by atoms with Crippen LogP contribution in [-0.2, 0) is 24.8 Å². The van der Waals surface area contributed by atoms with Gasteiger partial charge in [0.25, 0.3) is 0 Å². The number of sulfonamides is 2. The molecule has 3 heterocycles. The fraction of sp³-hybridized carbons (Fsp3) is 0.444. The van der Waals surface area contributed by atoms with Crippen molar-refractivity contribution < 1.29 is 21.6 Å². The lowest BCUT2D eigenvalue weighted by Gasteiger charge is -2.26. The van der Waals surface area contributed by atoms with E-state index in [0.717, 1.165) is 17.7 Å². The highest BCUT2D eigenvalue weighted by molar-refractivity contribution is 7.89. The van der Waals surface area contributed by atoms with E-state index in [1.165, 1.54) is 32.9 Å². The Morgan fingerprint density at radius 2 is 1.54 bits per heavy atom. The fourth-order valence-corrected chi connectivity index (χ4v) is 7.67. The first kappa shape index (κ1) is 20.0. The first-order valence-electron chi connectivity index (χ1n) is 9.14. The van der Waals surface area contributed by atoms with Gasteiger partial charge in [-0.25, -0.2) is 16.8 Å². The van der Waals surface area contributed by atoms with Crippen molar-refractivity contribution in [3.8, 4) is 0 Å². The van der Waals surface area contributed by atoms with Crippen molar-refractivity contribution in [1.82, 2.24) is 8.61 Å². The van der Waals surface area contributed by atoms with Crippen LogP contribution >= 0.6 is 11.3 Å². The number of morpholine rings is 1. The van der Waals surface area contributed by atoms with Crippen LogP contribution in [0.15, 0.2) is 51.6 Å². The maximum absolute atomic E-state index is 13.2. The van der Waals surface area contributed by atoms with Crippen LogP contribution < -0.4 is 0 Å². The summed E-state index contributed by atoms with van der Waals surface area (Å²) in [5.41, 5.74) is 0. The first-order valence-corrected chi connectivity index (χ1v) is 12.9. The third-order valence-corrected chi connectivity index (χ3v) is 9.92. The van der Waals surface area contributed by atoms with Gasteiger partial charge in [-0.15, -0.1) is 11.3 Å². The Hall–Kier alpha value is -1.30. The minimum Gasteiger partial charge on any atom is -0.379 e. The second-order valence-corrected chi connectivity index (χ2v) is 11.6. The molecule has 0 radical (unpaired) electrons. The molecule has 2 aliphatic heterocycles. The smallest absolute Gasteiger partial charge is 0.243 e. The summed E-state index contributed by atoms with van der Waals surface area (Å²) in [6, 6.07) is 9.29. The topological polar surface area (TPSA) is 84.0 Å². The molecule has 1 atom stereocenters. The van der Waals surface area contributed by atoms with Gasteiger partial charge in [-0.05, 0) is 48.6 Å². The van der Waals surface area contributed by atoms with E-state index in [1.54, 1.807) is 11.3 Å². The second-order valence-electron chi connectivity index (χ2n) is 6.78. The van der Waals surface area contributed by atoms with Crippen molar-refractivity contribution >= 4 is 31.4 Å². The Bertz CT molecular complexity index is 1010. The molecule has 2 saturated heterocycles. The van der Waals surface area contributed by atoms with Crippen LogP contribution in [0.2, 0.25) is 0 Å². The molecule has 2 aliphatic rings. The number of hydrogen-bond donors (Lipinski definition) is 0. The molecule has 10 heteroatoms. The minimum absolute atomic E-state index is 0.101. The average molecular weight is 443 g/mol. The van der Waals surface area contributed by atoms with Gasteiger partial charge in [0.05, 0.1) is 29.0 Å². The van der Waals surface area contributed by atoms with Crippen LogP contribution in [-0.4, -0.2) is 58.3 Å². The maximum atomic E-state index is 13.2. The molecule has 0 spiro atoms. The Morgan fingerprint density at radius 1 is 0.893 bits per heavy atom. The molecular weight excluding hydrogens is 420 g/mol. The van der Waals surface area contributed by atoms with E-state index in [-0.39, 0.29) is 15.8 Å². The zero-order valence-electron chi connectivity index (χ0n) is 15.2. The summed E-state index contributed by atoms with van der Waals surface area (Å²) in [6.07, 6.45) is 1.61. The lowest BCUT2D eigenvalue weighted by atomic mass is 10.2. The maximum Gasteiger partial charge on any atom is 0.243 e. The Morgan fingerprint density at radius 3 is 2.14 bits per heavy atom. The van der Waals surface area contributed by atoms with Crippen LogP contribution in [0, 0.1) is 0 Å². The highest BCUT2D eigenvalue weighted by Gasteiger charge is 2.37. The van der Waals surface area contributed by atoms with Crippen molar-refractivity contribution in [3.63, 3.8) is 0 Å². The third-order valence-electron chi connectivity index (χ3n) is 5.11. The average Bonchev–Trinajstić information content (AvgIpc) is 3.40. The van der Waals surface area contributed by atoms with Crippen molar-refractivity contribution in [1.29, 1.82) is 0 Å². The Kier molecular flexibility index (Phi) is 5.60. The number of benzene rings is 1. The molecule has 2 fully saturated rings. The van der Waals surface area contributed by atoms with E-state index in [2.05, 4.69) is 0 Å². The van der Waals surface area contributed by atoms with E-state index in [1.807, 2.05) is 17.5 Å². The summed E-state index contributed by atoms with van der Waals surface area (Å²) in [5, 5.41) is 1.95. The van der Waals surface area contributed by atoms with Crippen LogP contribution in [0.5, 0.6) is 0 Å². The highest BCUT2D eigenvalue weighted by Crippen LogP contribution is 2.38. The lowest BCUT2D eigenvalue weighted by molar-refractivity contribution is 0.0730. The summed E-state index contributed by atoms with van der Waals surface area (Å²) in [6.45, 7) is 1.81. The van der Waals surface area contributed by atoms with Gasteiger partial charge >= 0.3 is 0 Å². The molecule has 0 unspecified atom stereocenters. The van der Waals surface area contributed by atoms with Crippen LogP contribution in [0.3, 0.4) is 0 Å². The van der Waals surface area contributed by atoms with E-state index < -0.39 is 20.0 Å². The quantitative estimate of drug-likeness (QED) is 0.709. The Labute approximate surface area is 169 Å². The molecule has 0 N–H and O–H groups in total. The molecule has 0 saturated carbocycles. The van der Waals surface area contributed by atoms with E-state index in [9.17, 15) is 16.8 Å². The predicted octanol–water partition coefficient (Wildman–Crippen LogP) is 2.29. The van der Waals surface area contributed by atoms with Crippen molar-refractivity contribution in [3.05, 3.63) is 46.7 Å². The van der Waals surface area contributed by atoms with Gasteiger partial charge in [0.15, 0.2) is 0 Å². The van der Waals surface area contributed by atoms with Crippen molar-refractivity contribution in [2.75, 3.05) is 32.8 Å². The predicted molar refractivity (Wildman–Crippen MR) is 106 cm³/mol. The number of hydrogen-bond acceptors (Lipinski definition) is 6. The third kappa shape index (κ3) is 3.64. The standard InChI is InChI=1S/C18H22N2O5S3/c21-27(22,19-10-12-25-13-11-19)15-5-7-16(8-6-15)28(23,24)20-9-1-3-17(20)18-4-2-14-26-18/h2,4-8,14,17H,1,3,9-13H2/t17-/m0/s1. The van der Waals surface area contributed by atoms with Crippen LogP contribution in [0.1, 0.15) is 23.8 Å². The number of rotatable bonds is 5. The van der Waals surface area contributed by atoms with Gasteiger partial charge < -0.3 is 4.74 Å². The summed E-state index contributed by atoms with van der Waals surface area (Å²) in [5.74, 6) is 0. The molecule has 2 aromatic rings. The van der Waals surface area contributed by atoms with Gasteiger partial charge in [-0.1, -0.05) is 6.07 Å². The monoisotopic (exact) mass is 442 g/mol. The molecule has 1 aromatic carbocycles. The van der Waals surface area contributed by atoms with Gasteiger partial charge in [0.2, 0.25) is 20.0 Å². The summed E-state index contributed by atoms with van der Waals surface area (Å²) in [7, 11) is -7.33. The molecule has 1 aromatic heterocycles. The molecule has 152 valence electrons. The van der Waals surface area contributed by atoms with E-state index >= 15 is 0 Å². The molecule has 28 heavy (non-hydrogen) atoms. The van der Waals surface area contributed by atoms with E-state index in [0.29, 0.717) is 32.8 Å². The first-order chi connectivity index (χ1) is 13.4. The lowest BCUT2D eigenvalue weighted by Crippen LogP contribution is -2.40. The van der Waals surface area contributed by atoms with E-state index in [4.69, 9.17) is 4.74 Å². The molecule has 7 nitrogen and oxygen atoms in total. The number of thiophene rings is 1. The molecule has 0 amide bonds. The van der Waals surface area contributed by atoms with Crippen LogP contribution in [0.25, 0.3) is 0 Å². The van der Waals surface area contributed by atoms with Crippen molar-refractivity contribution in [2.45, 2.75) is 28.7 Å². The SMILES string of the molecule is O=S(=O)(c1ccc(S(=O)(=O)N2CCC[C@H]2c2cccs2)cc1)N1CCOCC1. The second kappa shape index (κ2) is 7.85. The zero-order chi connectivity index (χ0) is 19.8. The summed E-state index contributed by atoms with van der Waals surface area (Å²) >= 11 is 1.56. The minimum atomic E-state index is -3.69. The largest absolute Gasteiger partial charge is 0.379 e. The molecule has 0 bridgehead atoms. The molecular formula is C18H22N2O5S3. The summed E-state index contributed by atoms with van der Waals surface area (Å²) in [4.78, 5) is 1.26. The molecule has 0 aliphatic carbocycles. The number of nitrogens with zero attached hydrogens (tertiary/aromatic N) is 2. The van der Waals surface area contributed by atoms with Gasteiger partial charge in [-0.2, -0.15) is 8.61 Å². The van der Waals surface area contributed by atoms with Gasteiger partial charge in [0.1, 0.15) is 0 Å². The summed E-state index contributed by atoms with van der Waals surface area (Å²) < 4.78 is 59.9. The van der Waals surface area contributed by atoms with Gasteiger partial charge in [0, 0.05) is 24.5 Å². The van der Waals surface area contributed by atoms with Crippen LogP contribution in [0.4, 0.5) is 0 Å². The zero-order valence-corrected chi connectivity index (χ0v) is 17.7. The fourth-order valence-electron chi connectivity index (χ4n) is 3.65. The Balaban J connectivity index is 1.59. The van der Waals surface area contributed by atoms with Crippen molar-refractivity contribution in [2.24, 2.45) is 0 Å². The van der Waals surface area contributed by atoms with Gasteiger partial charge in [-0.3, -0.25) is 0 Å².